The third-order valence-electron chi connectivity index (χ3n) is 3.68. The van der Waals surface area contributed by atoms with Crippen LogP contribution in [-0.2, 0) is 0 Å². The quantitative estimate of drug-likeness (QED) is 0.806. The Morgan fingerprint density at radius 2 is 1.95 bits per heavy atom. The molecule has 0 spiro atoms. The number of hydrogen-bond donors (Lipinski definition) is 1. The molecule has 0 saturated heterocycles. The van der Waals surface area contributed by atoms with Crippen molar-refractivity contribution in [1.82, 2.24) is 0 Å². The molecule has 2 nitrogen and oxygen atoms in total. The largest absolute Gasteiger partial charge is 0.481 e. The van der Waals surface area contributed by atoms with E-state index in [1.165, 1.54) is 5.56 Å². The molecular formula is C17H18ClNO. The molecule has 1 N–H and O–H groups in total. The molecule has 2 aromatic rings. The van der Waals surface area contributed by atoms with Crippen molar-refractivity contribution in [2.45, 2.75) is 32.9 Å². The number of aryl methyl sites for hydroxylation is 2. The third-order valence-corrected chi connectivity index (χ3v) is 3.91. The predicted molar refractivity (Wildman–Crippen MR) is 83.8 cm³/mol. The molecule has 1 aliphatic rings. The van der Waals surface area contributed by atoms with E-state index in [0.29, 0.717) is 0 Å². The van der Waals surface area contributed by atoms with Crippen molar-refractivity contribution in [3.8, 4) is 5.75 Å². The molecule has 1 heterocycles. The summed E-state index contributed by atoms with van der Waals surface area (Å²) < 4.78 is 6.25. The summed E-state index contributed by atoms with van der Waals surface area (Å²) in [7, 11) is 0. The van der Waals surface area contributed by atoms with Crippen LogP contribution in [0.4, 0.5) is 5.69 Å². The molecular weight excluding hydrogens is 270 g/mol. The van der Waals surface area contributed by atoms with Crippen LogP contribution in [0.25, 0.3) is 0 Å². The van der Waals surface area contributed by atoms with Crippen LogP contribution < -0.4 is 10.1 Å². The minimum Gasteiger partial charge on any atom is -0.481 e. The molecule has 0 bridgehead atoms. The van der Waals surface area contributed by atoms with Crippen molar-refractivity contribution in [2.75, 3.05) is 5.32 Å². The summed E-state index contributed by atoms with van der Waals surface area (Å²) >= 11 is 6.09. The first-order chi connectivity index (χ1) is 9.54. The first-order valence-corrected chi connectivity index (χ1v) is 7.22. The van der Waals surface area contributed by atoms with E-state index >= 15 is 0 Å². The van der Waals surface area contributed by atoms with Gasteiger partial charge in [0, 0.05) is 5.02 Å². The highest BCUT2D eigenvalue weighted by Gasteiger charge is 2.28. The average Bonchev–Trinajstić information content (AvgIpc) is 2.37. The zero-order valence-electron chi connectivity index (χ0n) is 11.9. The van der Waals surface area contributed by atoms with Gasteiger partial charge in [0.2, 0.25) is 0 Å². The van der Waals surface area contributed by atoms with Crippen LogP contribution in [0.15, 0.2) is 36.4 Å². The van der Waals surface area contributed by atoms with Crippen molar-refractivity contribution in [3.05, 3.63) is 58.1 Å². The van der Waals surface area contributed by atoms with E-state index in [1.807, 2.05) is 18.2 Å². The zero-order valence-corrected chi connectivity index (χ0v) is 12.7. The highest BCUT2D eigenvalue weighted by Crippen LogP contribution is 2.40. The van der Waals surface area contributed by atoms with E-state index < -0.39 is 0 Å². The van der Waals surface area contributed by atoms with Gasteiger partial charge in [0.15, 0.2) is 0 Å². The number of benzene rings is 2. The number of rotatable bonds is 1. The summed E-state index contributed by atoms with van der Waals surface area (Å²) in [5, 5.41) is 4.28. The second-order valence-corrected chi connectivity index (χ2v) is 5.92. The van der Waals surface area contributed by atoms with E-state index in [-0.39, 0.29) is 12.1 Å². The van der Waals surface area contributed by atoms with Crippen LogP contribution in [0.2, 0.25) is 5.02 Å². The molecule has 2 unspecified atom stereocenters. The molecule has 3 heteroatoms. The molecule has 2 aromatic carbocycles. The van der Waals surface area contributed by atoms with E-state index in [0.717, 1.165) is 27.6 Å². The number of fused-ring (bicyclic) bond motifs is 1. The lowest BCUT2D eigenvalue weighted by atomic mass is 9.99. The van der Waals surface area contributed by atoms with Gasteiger partial charge in [-0.3, -0.25) is 0 Å². The Morgan fingerprint density at radius 3 is 2.70 bits per heavy atom. The second kappa shape index (κ2) is 5.02. The lowest BCUT2D eigenvalue weighted by Gasteiger charge is -2.34. The molecule has 0 aromatic heterocycles. The lowest BCUT2D eigenvalue weighted by Crippen LogP contribution is -2.33. The maximum Gasteiger partial charge on any atom is 0.146 e. The Hall–Kier alpha value is -1.67. The maximum atomic E-state index is 6.25. The van der Waals surface area contributed by atoms with E-state index in [9.17, 15) is 0 Å². The molecule has 20 heavy (non-hydrogen) atoms. The Balaban J connectivity index is 2.00. The number of hydrogen-bond acceptors (Lipinski definition) is 2. The molecule has 0 radical (unpaired) electrons. The van der Waals surface area contributed by atoms with Gasteiger partial charge >= 0.3 is 0 Å². The molecule has 0 amide bonds. The zero-order chi connectivity index (χ0) is 14.3. The summed E-state index contributed by atoms with van der Waals surface area (Å²) in [6.07, 6.45) is -0.0254. The Bertz CT molecular complexity index is 653. The predicted octanol–water partition coefficient (Wildman–Crippen LogP) is 4.89. The minimum atomic E-state index is -0.0254. The van der Waals surface area contributed by atoms with Crippen LogP contribution in [0.3, 0.4) is 0 Å². The van der Waals surface area contributed by atoms with Gasteiger partial charge < -0.3 is 10.1 Å². The monoisotopic (exact) mass is 287 g/mol. The van der Waals surface area contributed by atoms with E-state index in [1.54, 1.807) is 0 Å². The smallest absolute Gasteiger partial charge is 0.146 e. The van der Waals surface area contributed by atoms with Crippen LogP contribution >= 0.6 is 11.6 Å². The molecule has 2 atom stereocenters. The summed E-state index contributed by atoms with van der Waals surface area (Å²) in [6.45, 7) is 6.31. The first kappa shape index (κ1) is 13.3. The molecule has 3 rings (SSSR count). The van der Waals surface area contributed by atoms with Gasteiger partial charge in [0.05, 0.1) is 11.7 Å². The Labute approximate surface area is 124 Å². The summed E-state index contributed by atoms with van der Waals surface area (Å²) in [6, 6.07) is 12.3. The van der Waals surface area contributed by atoms with Gasteiger partial charge in [-0.25, -0.2) is 0 Å². The minimum absolute atomic E-state index is 0.0254. The van der Waals surface area contributed by atoms with Crippen molar-refractivity contribution in [3.63, 3.8) is 0 Å². The number of anilines is 1. The summed E-state index contributed by atoms with van der Waals surface area (Å²) in [4.78, 5) is 0. The summed E-state index contributed by atoms with van der Waals surface area (Å²) in [5.74, 6) is 0.943. The van der Waals surface area contributed by atoms with Gasteiger partial charge in [-0.05, 0) is 55.7 Å². The van der Waals surface area contributed by atoms with Crippen molar-refractivity contribution < 1.29 is 4.74 Å². The highest BCUT2D eigenvalue weighted by atomic mass is 35.5. The number of nitrogens with one attached hydrogen (secondary N) is 1. The molecule has 104 valence electrons. The fourth-order valence-electron chi connectivity index (χ4n) is 2.81. The lowest BCUT2D eigenvalue weighted by molar-refractivity contribution is 0.176. The summed E-state index contributed by atoms with van der Waals surface area (Å²) in [5.41, 5.74) is 4.58. The maximum absolute atomic E-state index is 6.25. The Kier molecular flexibility index (Phi) is 3.35. The number of halogens is 1. The van der Waals surface area contributed by atoms with Gasteiger partial charge in [0.1, 0.15) is 11.9 Å². The van der Waals surface area contributed by atoms with Crippen molar-refractivity contribution >= 4 is 17.3 Å². The molecule has 0 fully saturated rings. The molecule has 0 saturated carbocycles. The Morgan fingerprint density at radius 1 is 1.15 bits per heavy atom. The van der Waals surface area contributed by atoms with Gasteiger partial charge in [-0.2, -0.15) is 0 Å². The second-order valence-electron chi connectivity index (χ2n) is 5.48. The first-order valence-electron chi connectivity index (χ1n) is 6.84. The topological polar surface area (TPSA) is 21.3 Å². The SMILES string of the molecule is Cc1cc(C)c2c(c1)NC(C)C(c1cccc(Cl)c1)O2. The van der Waals surface area contributed by atoms with Crippen LogP contribution in [0, 0.1) is 13.8 Å². The molecule has 0 aliphatic carbocycles. The van der Waals surface area contributed by atoms with E-state index in [2.05, 4.69) is 44.3 Å². The van der Waals surface area contributed by atoms with Crippen molar-refractivity contribution in [2.24, 2.45) is 0 Å². The standard InChI is InChI=1S/C17H18ClNO/c1-10-7-11(2)16-15(8-10)19-12(3)17(20-16)13-5-4-6-14(18)9-13/h4-9,12,17,19H,1-3H3. The normalized spacial score (nSPS) is 20.8. The van der Waals surface area contributed by atoms with Gasteiger partial charge in [-0.1, -0.05) is 29.8 Å². The number of ether oxygens (including phenoxy) is 1. The average molecular weight is 288 g/mol. The van der Waals surface area contributed by atoms with Crippen LogP contribution in [-0.4, -0.2) is 6.04 Å². The fourth-order valence-corrected chi connectivity index (χ4v) is 3.01. The van der Waals surface area contributed by atoms with E-state index in [4.69, 9.17) is 16.3 Å². The fraction of sp³-hybridized carbons (Fsp3) is 0.294. The van der Waals surface area contributed by atoms with Crippen molar-refractivity contribution in [1.29, 1.82) is 0 Å². The third kappa shape index (κ3) is 2.36. The highest BCUT2D eigenvalue weighted by molar-refractivity contribution is 6.30. The van der Waals surface area contributed by atoms with Gasteiger partial charge in [-0.15, -0.1) is 0 Å². The van der Waals surface area contributed by atoms with Gasteiger partial charge in [0.25, 0.3) is 0 Å². The van der Waals surface area contributed by atoms with Crippen LogP contribution in [0.5, 0.6) is 5.75 Å². The van der Waals surface area contributed by atoms with Crippen LogP contribution in [0.1, 0.15) is 29.7 Å². The molecule has 1 aliphatic heterocycles.